The summed E-state index contributed by atoms with van der Waals surface area (Å²) >= 11 is 0. The molecule has 631 valence electrons. The van der Waals surface area contributed by atoms with Crippen LogP contribution in [-0.2, 0) is 86.4 Å². The summed E-state index contributed by atoms with van der Waals surface area (Å²) in [5.41, 5.74) is 20.7. The van der Waals surface area contributed by atoms with E-state index in [0.29, 0.717) is 93.1 Å². The van der Waals surface area contributed by atoms with Crippen molar-refractivity contribution in [2.75, 3.05) is 0 Å². The number of fused-ring (bicyclic) bond motifs is 28. The molecule has 8 N–H and O–H groups in total. The summed E-state index contributed by atoms with van der Waals surface area (Å²) in [6.45, 7) is 33.5. The van der Waals surface area contributed by atoms with Gasteiger partial charge in [0.15, 0.2) is 0 Å². The number of carbonyl (C=O) groups is 3. The van der Waals surface area contributed by atoms with E-state index in [2.05, 4.69) is 175 Å². The van der Waals surface area contributed by atoms with Gasteiger partial charge in [0, 0.05) is 152 Å². The summed E-state index contributed by atoms with van der Waals surface area (Å²) in [4.78, 5) is 67.3. The zero-order valence-electron chi connectivity index (χ0n) is 71.3. The molecular weight excluding hydrogens is 1670 g/mol. The maximum atomic E-state index is 12.2. The molecule has 18 rings (SSSR count). The van der Waals surface area contributed by atoms with Gasteiger partial charge in [-0.2, -0.15) is 0 Å². The number of hydrogen-bond donors (Lipinski definition) is 8. The van der Waals surface area contributed by atoms with E-state index in [4.69, 9.17) is 64.6 Å². The molecule has 0 amide bonds. The molecule has 0 saturated carbocycles. The smallest absolute Gasteiger partial charge is 0.300 e. The SMILES string of the molecule is CC(=O)O.CC(=O)O.CC(=O)O.Cc1ccccc1-c1c2nc(c3cc(C(C)(C)C)cc(c3O)c3ccc4ccc5ccc(nc5c4n3)c3cc(C(C)(C)C)cc(c3O)c3ccc1[n-]3)C=C2.Cc1ccccc1-c1c2nc(c3cc(C(C)(C)C)cc(c3O)c3ccc4ccc5ccc(nc5c4n3)c3cc(C(C)(C)C)cc(c3O)c3ccc1[nH]3)C=C2.[Co].[Co].[Co]. The second kappa shape index (κ2) is 35.5. The molecule has 0 fully saturated rings. The molecule has 0 saturated heterocycles. The van der Waals surface area contributed by atoms with Crippen molar-refractivity contribution < 1.29 is 100 Å². The van der Waals surface area contributed by atoms with Crippen LogP contribution < -0.4 is 4.98 Å². The number of phenols is 4. The molecule has 2 aliphatic rings. The van der Waals surface area contributed by atoms with Crippen LogP contribution >= 0.6 is 0 Å². The minimum atomic E-state index is -0.833. The van der Waals surface area contributed by atoms with E-state index in [9.17, 15) is 20.4 Å². The normalized spacial score (nSPS) is 11.8. The summed E-state index contributed by atoms with van der Waals surface area (Å²) in [5, 5.41) is 79.7. The molecule has 0 unspecified atom stereocenters. The summed E-state index contributed by atoms with van der Waals surface area (Å²) < 4.78 is 0. The van der Waals surface area contributed by atoms with Gasteiger partial charge in [0.25, 0.3) is 17.9 Å². The number of hydrogen-bond acceptors (Lipinski definition) is 13. The molecule has 10 heterocycles. The van der Waals surface area contributed by atoms with Crippen molar-refractivity contribution in [2.24, 2.45) is 0 Å². The number of aromatic nitrogens is 8. The number of carboxylic acids is 3. The van der Waals surface area contributed by atoms with E-state index in [1.807, 2.05) is 146 Å². The van der Waals surface area contributed by atoms with E-state index in [1.165, 1.54) is 0 Å². The third kappa shape index (κ3) is 18.7. The van der Waals surface area contributed by atoms with Crippen molar-refractivity contribution in [3.05, 3.63) is 250 Å². The van der Waals surface area contributed by atoms with Gasteiger partial charge in [-0.25, -0.2) is 29.9 Å². The van der Waals surface area contributed by atoms with E-state index >= 15 is 0 Å². The molecule has 0 spiro atoms. The van der Waals surface area contributed by atoms with Gasteiger partial charge < -0.3 is 45.7 Å². The average Bonchev–Trinajstić information content (AvgIpc) is 1.73. The second-order valence-electron chi connectivity index (χ2n) is 34.8. The first-order chi connectivity index (χ1) is 56.7. The minimum absolute atomic E-state index is 0. The number of nitrogens with one attached hydrogen (secondary N) is 1. The topological polar surface area (TPSA) is 300 Å². The van der Waals surface area contributed by atoms with Gasteiger partial charge >= 0.3 is 0 Å². The first-order valence-corrected chi connectivity index (χ1v) is 39.7. The molecule has 2 aliphatic heterocycles. The Bertz CT molecular complexity index is 6870. The molecule has 18 nitrogen and oxygen atoms in total. The first-order valence-electron chi connectivity index (χ1n) is 39.7. The van der Waals surface area contributed by atoms with Crippen molar-refractivity contribution in [1.29, 1.82) is 0 Å². The molecule has 8 aromatic carbocycles. The van der Waals surface area contributed by atoms with Gasteiger partial charge in [-0.1, -0.05) is 192 Å². The van der Waals surface area contributed by atoms with Crippen molar-refractivity contribution in [3.63, 3.8) is 0 Å². The standard InChI is InChI=1S/C48H42N4O2.C48H41N4O2.3C2H4O2.3Co/c2*1-26-10-8-9-11-31(26)42-40-20-18-36(49-40)32-22-29(47(2,3)4)24-34(45(32)53)38-16-14-27-12-13-28-15-17-39(52-44(28)43(27)51-38)35-25-30(48(5,6)7)23-33(46(35)54)37-19-21-41(42)50-37;3*1-2(3)4;;;/h8-25,49,53-54H,1-7H3;8-25H,1-7H3,(H2-,49,50,51,52,53,54);3*1H3,(H,3,4);;;/q;-1;;;;;;. The van der Waals surface area contributed by atoms with Crippen LogP contribution in [0.5, 0.6) is 23.0 Å². The maximum Gasteiger partial charge on any atom is 0.300 e. The predicted molar refractivity (Wildman–Crippen MR) is 490 cm³/mol. The molecule has 24 bridgehead atoms. The fourth-order valence-corrected chi connectivity index (χ4v) is 15.2. The second-order valence-corrected chi connectivity index (χ2v) is 34.8. The van der Waals surface area contributed by atoms with Gasteiger partial charge in [0.05, 0.1) is 66.9 Å². The number of nitrogens with zero attached hydrogens (tertiary/aromatic N) is 7. The summed E-state index contributed by atoms with van der Waals surface area (Å²) in [7, 11) is 0. The number of carboxylic acid groups (broad SMARTS) is 3. The Balaban J connectivity index is 0.000000208. The Morgan fingerprint density at radius 2 is 0.577 bits per heavy atom. The average molecular weight is 1770 g/mol. The Labute approximate surface area is 742 Å². The molecule has 16 aromatic rings. The number of H-pyrrole nitrogens is 1. The number of aryl methyl sites for hydroxylation is 2. The zero-order chi connectivity index (χ0) is 86.1. The minimum Gasteiger partial charge on any atom is -0.657 e. The Morgan fingerprint density at radius 3 is 0.927 bits per heavy atom. The van der Waals surface area contributed by atoms with Crippen LogP contribution in [0.15, 0.2) is 194 Å². The molecule has 123 heavy (non-hydrogen) atoms. The predicted octanol–water partition coefficient (Wildman–Crippen LogP) is 24.4. The summed E-state index contributed by atoms with van der Waals surface area (Å²) in [6, 6.07) is 65.2. The van der Waals surface area contributed by atoms with Crippen molar-refractivity contribution in [2.45, 2.75) is 139 Å². The van der Waals surface area contributed by atoms with Crippen LogP contribution in [0, 0.1) is 13.8 Å². The van der Waals surface area contributed by atoms with Gasteiger partial charge in [0.2, 0.25) is 0 Å². The van der Waals surface area contributed by atoms with Crippen LogP contribution in [-0.4, -0.2) is 88.5 Å². The van der Waals surface area contributed by atoms with Gasteiger partial charge in [-0.3, -0.25) is 14.4 Å². The van der Waals surface area contributed by atoms with Crippen LogP contribution in [0.25, 0.3) is 177 Å². The van der Waals surface area contributed by atoms with E-state index in [1.54, 1.807) is 0 Å². The molecule has 0 aliphatic carbocycles. The molecule has 21 heteroatoms. The van der Waals surface area contributed by atoms with Crippen LogP contribution in [0.4, 0.5) is 0 Å². The van der Waals surface area contributed by atoms with Crippen molar-refractivity contribution in [3.8, 4) is 45.3 Å². The summed E-state index contributed by atoms with van der Waals surface area (Å²) in [5.74, 6) is -1.99. The van der Waals surface area contributed by atoms with E-state index < -0.39 is 17.9 Å². The van der Waals surface area contributed by atoms with Crippen LogP contribution in [0.1, 0.15) is 160 Å². The van der Waals surface area contributed by atoms with Gasteiger partial charge in [-0.05, 0) is 195 Å². The quantitative estimate of drug-likeness (QED) is 0.0746. The Kier molecular flexibility index (Phi) is 26.3. The molecule has 8 aromatic heterocycles. The van der Waals surface area contributed by atoms with Gasteiger partial charge in [-0.15, -0.1) is 11.0 Å². The largest absolute Gasteiger partial charge is 0.657 e. The number of rotatable bonds is 2. The number of pyridine rings is 4. The Hall–Kier alpha value is -12.6. The van der Waals surface area contributed by atoms with E-state index in [-0.39, 0.29) is 95.0 Å². The fourth-order valence-electron chi connectivity index (χ4n) is 15.2. The van der Waals surface area contributed by atoms with Crippen molar-refractivity contribution in [1.82, 2.24) is 39.9 Å². The van der Waals surface area contributed by atoms with Crippen LogP contribution in [0.3, 0.4) is 0 Å². The first kappa shape index (κ1) is 91.1. The number of benzene rings is 8. The third-order valence-electron chi connectivity index (χ3n) is 21.6. The molecule has 3 radical (unpaired) electrons. The number of phenolic OH excluding ortho intramolecular Hbond substituents is 4. The maximum absolute atomic E-state index is 12.2. The fraction of sp³-hybridized carbons (Fsp3) is 0.206. The van der Waals surface area contributed by atoms with Gasteiger partial charge in [0.1, 0.15) is 23.0 Å². The third-order valence-corrected chi connectivity index (χ3v) is 21.6. The molecular formula is C102H95Co3N8O10-. The Morgan fingerprint density at radius 1 is 0.309 bits per heavy atom. The number of aliphatic carboxylic acids is 3. The summed E-state index contributed by atoms with van der Waals surface area (Å²) in [6.07, 6.45) is 7.99. The zero-order valence-corrected chi connectivity index (χ0v) is 74.4. The monoisotopic (exact) mass is 1770 g/mol. The molecule has 0 atom stereocenters. The van der Waals surface area contributed by atoms with Crippen molar-refractivity contribution >= 4 is 173 Å². The van der Waals surface area contributed by atoms with E-state index in [0.717, 1.165) is 137 Å². The number of aromatic hydroxyl groups is 4. The number of aromatic amines is 1. The van der Waals surface area contributed by atoms with Crippen LogP contribution in [0.2, 0.25) is 0 Å².